The van der Waals surface area contributed by atoms with Gasteiger partial charge in [0, 0.05) is 11.8 Å². The summed E-state index contributed by atoms with van der Waals surface area (Å²) < 4.78 is -1.25. The Morgan fingerprint density at radius 1 is 0.955 bits per heavy atom. The van der Waals surface area contributed by atoms with Gasteiger partial charge in [-0.2, -0.15) is 0 Å². The number of para-hydroxylation sites is 1. The molecular formula is C17H14N2O3. The van der Waals surface area contributed by atoms with Crippen LogP contribution in [0.2, 0.25) is 0 Å². The molecule has 0 spiro atoms. The summed E-state index contributed by atoms with van der Waals surface area (Å²) in [6.45, 7) is -0.0225. The van der Waals surface area contributed by atoms with E-state index in [2.05, 4.69) is 5.32 Å². The molecule has 2 aromatic rings. The van der Waals surface area contributed by atoms with E-state index in [1.54, 1.807) is 54.6 Å². The van der Waals surface area contributed by atoms with E-state index in [0.29, 0.717) is 11.3 Å². The first-order valence-electron chi connectivity index (χ1n) is 6.87. The quantitative estimate of drug-likeness (QED) is 0.699. The van der Waals surface area contributed by atoms with Gasteiger partial charge in [-0.15, -0.1) is 0 Å². The van der Waals surface area contributed by atoms with Crippen LogP contribution in [-0.4, -0.2) is 23.0 Å². The van der Waals surface area contributed by atoms with Crippen molar-refractivity contribution in [2.24, 2.45) is 0 Å². The van der Waals surface area contributed by atoms with Crippen LogP contribution in [0.1, 0.15) is 10.4 Å². The number of hydroxylamine groups is 3. The SMILES string of the molecule is O=C(Nc1ccccc1)C1=CC[N+]1([O-])C(=O)c1ccccc1. The highest BCUT2D eigenvalue weighted by molar-refractivity contribution is 6.05. The van der Waals surface area contributed by atoms with Crippen molar-refractivity contribution >= 4 is 17.5 Å². The van der Waals surface area contributed by atoms with Gasteiger partial charge in [0.1, 0.15) is 6.54 Å². The molecule has 1 aliphatic heterocycles. The van der Waals surface area contributed by atoms with Crippen molar-refractivity contribution in [3.05, 3.63) is 83.2 Å². The molecule has 22 heavy (non-hydrogen) atoms. The molecule has 0 saturated heterocycles. The molecule has 0 radical (unpaired) electrons. The number of nitrogens with one attached hydrogen (secondary N) is 1. The Balaban J connectivity index is 1.78. The predicted molar refractivity (Wildman–Crippen MR) is 82.4 cm³/mol. The van der Waals surface area contributed by atoms with Crippen molar-refractivity contribution in [1.29, 1.82) is 0 Å². The van der Waals surface area contributed by atoms with Crippen molar-refractivity contribution in [3.8, 4) is 0 Å². The molecule has 0 bridgehead atoms. The van der Waals surface area contributed by atoms with Crippen molar-refractivity contribution in [2.75, 3.05) is 11.9 Å². The van der Waals surface area contributed by atoms with Gasteiger partial charge in [0.15, 0.2) is 0 Å². The third kappa shape index (κ3) is 2.43. The van der Waals surface area contributed by atoms with Gasteiger partial charge in [0.25, 0.3) is 0 Å². The summed E-state index contributed by atoms with van der Waals surface area (Å²) >= 11 is 0. The Bertz CT molecular complexity index is 741. The van der Waals surface area contributed by atoms with E-state index in [4.69, 9.17) is 0 Å². The molecule has 0 aromatic heterocycles. The molecular weight excluding hydrogens is 280 g/mol. The fraction of sp³-hybridized carbons (Fsp3) is 0.0588. The smallest absolute Gasteiger partial charge is 0.351 e. The van der Waals surface area contributed by atoms with Crippen LogP contribution in [0.3, 0.4) is 0 Å². The normalized spacial score (nSPS) is 19.8. The third-order valence-corrected chi connectivity index (χ3v) is 3.54. The Morgan fingerprint density at radius 2 is 1.55 bits per heavy atom. The van der Waals surface area contributed by atoms with E-state index in [1.165, 1.54) is 6.08 Å². The highest BCUT2D eigenvalue weighted by Gasteiger charge is 2.43. The number of anilines is 1. The summed E-state index contributed by atoms with van der Waals surface area (Å²) in [5.41, 5.74) is 0.812. The Kier molecular flexibility index (Phi) is 3.58. The summed E-state index contributed by atoms with van der Waals surface area (Å²) in [7, 11) is 0. The van der Waals surface area contributed by atoms with E-state index in [0.717, 1.165) is 0 Å². The first-order valence-corrected chi connectivity index (χ1v) is 6.87. The molecule has 1 unspecified atom stereocenters. The first-order chi connectivity index (χ1) is 10.6. The molecule has 2 aromatic carbocycles. The van der Waals surface area contributed by atoms with Crippen LogP contribution in [0.25, 0.3) is 0 Å². The van der Waals surface area contributed by atoms with E-state index in [-0.39, 0.29) is 12.2 Å². The average molecular weight is 294 g/mol. The second-order valence-electron chi connectivity index (χ2n) is 5.00. The maximum atomic E-state index is 12.7. The summed E-state index contributed by atoms with van der Waals surface area (Å²) in [5, 5.41) is 15.3. The summed E-state index contributed by atoms with van der Waals surface area (Å²) in [6.07, 6.45) is 1.49. The summed E-state index contributed by atoms with van der Waals surface area (Å²) in [5.74, 6) is -1.17. The molecule has 1 atom stereocenters. The van der Waals surface area contributed by atoms with Gasteiger partial charge in [-0.05, 0) is 24.3 Å². The second-order valence-corrected chi connectivity index (χ2v) is 5.00. The lowest BCUT2D eigenvalue weighted by Crippen LogP contribution is -2.55. The minimum atomic E-state index is -1.25. The van der Waals surface area contributed by atoms with Gasteiger partial charge in [-0.25, -0.2) is 4.79 Å². The van der Waals surface area contributed by atoms with Crippen LogP contribution in [0.4, 0.5) is 5.69 Å². The molecule has 0 fully saturated rings. The minimum Gasteiger partial charge on any atom is -0.619 e. The molecule has 1 aliphatic rings. The number of nitrogens with zero attached hydrogens (tertiary/aromatic N) is 1. The van der Waals surface area contributed by atoms with Crippen molar-refractivity contribution < 1.29 is 14.2 Å². The lowest BCUT2D eigenvalue weighted by atomic mass is 10.1. The molecule has 1 N–H and O–H groups in total. The van der Waals surface area contributed by atoms with Crippen LogP contribution >= 0.6 is 0 Å². The van der Waals surface area contributed by atoms with Crippen molar-refractivity contribution in [2.45, 2.75) is 0 Å². The first kappa shape index (κ1) is 14.2. The number of hydrogen-bond acceptors (Lipinski definition) is 3. The van der Waals surface area contributed by atoms with E-state index in [9.17, 15) is 14.8 Å². The molecule has 2 amide bonds. The highest BCUT2D eigenvalue weighted by Crippen LogP contribution is 2.29. The Hall–Kier alpha value is -2.76. The lowest BCUT2D eigenvalue weighted by Gasteiger charge is -2.44. The second kappa shape index (κ2) is 5.55. The topological polar surface area (TPSA) is 69.2 Å². The molecule has 0 saturated carbocycles. The largest absolute Gasteiger partial charge is 0.619 e. The zero-order valence-corrected chi connectivity index (χ0v) is 11.7. The van der Waals surface area contributed by atoms with Crippen molar-refractivity contribution in [1.82, 2.24) is 0 Å². The van der Waals surface area contributed by atoms with Crippen molar-refractivity contribution in [3.63, 3.8) is 0 Å². The molecule has 1 heterocycles. The average Bonchev–Trinajstić information content (AvgIpc) is 2.54. The number of amides is 2. The van der Waals surface area contributed by atoms with Gasteiger partial charge in [-0.3, -0.25) is 9.44 Å². The Morgan fingerprint density at radius 3 is 2.09 bits per heavy atom. The number of hydrogen-bond donors (Lipinski definition) is 1. The fourth-order valence-corrected chi connectivity index (χ4v) is 2.30. The zero-order chi connectivity index (χ0) is 15.6. The van der Waals surface area contributed by atoms with Crippen LogP contribution in [0.5, 0.6) is 0 Å². The van der Waals surface area contributed by atoms with E-state index < -0.39 is 16.5 Å². The van der Waals surface area contributed by atoms with E-state index >= 15 is 0 Å². The fourth-order valence-electron chi connectivity index (χ4n) is 2.30. The van der Waals surface area contributed by atoms with Gasteiger partial charge in [0.05, 0.1) is 5.56 Å². The molecule has 0 aliphatic carbocycles. The van der Waals surface area contributed by atoms with E-state index in [1.807, 2.05) is 6.07 Å². The lowest BCUT2D eigenvalue weighted by molar-refractivity contribution is -0.764. The van der Waals surface area contributed by atoms with Gasteiger partial charge >= 0.3 is 11.8 Å². The van der Waals surface area contributed by atoms with Crippen LogP contribution in [0, 0.1) is 5.21 Å². The molecule has 110 valence electrons. The number of rotatable bonds is 3. The van der Waals surface area contributed by atoms with Crippen LogP contribution < -0.4 is 5.32 Å². The Labute approximate surface area is 127 Å². The molecule has 5 heteroatoms. The molecule has 5 nitrogen and oxygen atoms in total. The minimum absolute atomic E-state index is 0.0225. The zero-order valence-electron chi connectivity index (χ0n) is 11.7. The maximum Gasteiger partial charge on any atom is 0.351 e. The highest BCUT2D eigenvalue weighted by atomic mass is 16.6. The van der Waals surface area contributed by atoms with Gasteiger partial charge in [0.2, 0.25) is 5.70 Å². The summed E-state index contributed by atoms with van der Waals surface area (Å²) in [4.78, 5) is 24.6. The number of carbonyl (C=O) groups excluding carboxylic acids is 2. The standard InChI is InChI=1S/C17H14N2O3/c20-16(18-14-9-5-2-6-10-14)15-11-12-19(15,22)17(21)13-7-3-1-4-8-13/h1-11H,12H2,(H,18,20). The summed E-state index contributed by atoms with van der Waals surface area (Å²) in [6, 6.07) is 17.1. The number of quaternary nitrogens is 1. The third-order valence-electron chi connectivity index (χ3n) is 3.54. The van der Waals surface area contributed by atoms with Crippen LogP contribution in [0.15, 0.2) is 72.4 Å². The van der Waals surface area contributed by atoms with Crippen LogP contribution in [-0.2, 0) is 4.79 Å². The monoisotopic (exact) mass is 294 g/mol. The maximum absolute atomic E-state index is 12.7. The van der Waals surface area contributed by atoms with Gasteiger partial charge < -0.3 is 10.5 Å². The number of carbonyl (C=O) groups is 2. The predicted octanol–water partition coefficient (Wildman–Crippen LogP) is 2.68. The number of benzene rings is 2. The molecule has 3 rings (SSSR count). The van der Waals surface area contributed by atoms with Gasteiger partial charge in [-0.1, -0.05) is 36.4 Å².